The molecular formula is C11H16O2S. The van der Waals surface area contributed by atoms with Crippen molar-refractivity contribution in [2.24, 2.45) is 0 Å². The van der Waals surface area contributed by atoms with E-state index in [4.69, 9.17) is 9.47 Å². The molecule has 0 fully saturated rings. The van der Waals surface area contributed by atoms with Crippen LogP contribution in [-0.4, -0.2) is 14.2 Å². The highest BCUT2D eigenvalue weighted by Crippen LogP contribution is 2.34. The van der Waals surface area contributed by atoms with E-state index in [1.54, 1.807) is 14.2 Å². The molecule has 1 aromatic carbocycles. The molecule has 0 aromatic heterocycles. The lowest BCUT2D eigenvalue weighted by Crippen LogP contribution is -1.96. The van der Waals surface area contributed by atoms with Crippen molar-refractivity contribution in [1.29, 1.82) is 0 Å². The lowest BCUT2D eigenvalue weighted by atomic mass is 10.1. The first kappa shape index (κ1) is 11.2. The van der Waals surface area contributed by atoms with E-state index >= 15 is 0 Å². The number of thiol groups is 1. The van der Waals surface area contributed by atoms with Gasteiger partial charge in [0.2, 0.25) is 0 Å². The quantitative estimate of drug-likeness (QED) is 0.776. The number of hydrogen-bond donors (Lipinski definition) is 1. The van der Waals surface area contributed by atoms with Crippen LogP contribution in [0.3, 0.4) is 0 Å². The zero-order valence-corrected chi connectivity index (χ0v) is 9.89. The zero-order valence-electron chi connectivity index (χ0n) is 9.00. The van der Waals surface area contributed by atoms with Gasteiger partial charge in [0.25, 0.3) is 0 Å². The number of ether oxygens (including phenoxy) is 2. The molecule has 3 heteroatoms. The predicted molar refractivity (Wildman–Crippen MR) is 61.7 cm³/mol. The highest BCUT2D eigenvalue weighted by molar-refractivity contribution is 7.80. The van der Waals surface area contributed by atoms with Gasteiger partial charge in [0.1, 0.15) is 11.5 Å². The molecule has 0 aliphatic rings. The number of rotatable bonds is 3. The van der Waals surface area contributed by atoms with E-state index in [0.717, 1.165) is 22.6 Å². The SMILES string of the molecule is COc1cc(C(C)S)c(OC)cc1C. The Morgan fingerprint density at radius 1 is 1.14 bits per heavy atom. The molecule has 0 radical (unpaired) electrons. The molecule has 2 nitrogen and oxygen atoms in total. The molecule has 1 unspecified atom stereocenters. The molecule has 78 valence electrons. The second kappa shape index (κ2) is 4.60. The Balaban J connectivity index is 3.25. The third-order valence-corrected chi connectivity index (χ3v) is 2.48. The van der Waals surface area contributed by atoms with E-state index in [1.807, 2.05) is 26.0 Å². The highest BCUT2D eigenvalue weighted by atomic mass is 32.1. The Morgan fingerprint density at radius 2 is 1.71 bits per heavy atom. The van der Waals surface area contributed by atoms with Crippen LogP contribution in [0.15, 0.2) is 12.1 Å². The standard InChI is InChI=1S/C11H16O2S/c1-7-5-11(13-4)9(8(2)14)6-10(7)12-3/h5-6,8,14H,1-4H3. The molecule has 1 atom stereocenters. The smallest absolute Gasteiger partial charge is 0.123 e. The first-order valence-corrected chi connectivity index (χ1v) is 5.02. The van der Waals surface area contributed by atoms with Crippen molar-refractivity contribution in [2.45, 2.75) is 19.1 Å². The van der Waals surface area contributed by atoms with Gasteiger partial charge in [-0.15, -0.1) is 0 Å². The fourth-order valence-electron chi connectivity index (χ4n) is 1.40. The number of hydrogen-bond acceptors (Lipinski definition) is 3. The second-order valence-electron chi connectivity index (χ2n) is 3.24. The van der Waals surface area contributed by atoms with Crippen molar-refractivity contribution in [2.75, 3.05) is 14.2 Å². The summed E-state index contributed by atoms with van der Waals surface area (Å²) in [5.41, 5.74) is 2.13. The number of methoxy groups -OCH3 is 2. The average molecular weight is 212 g/mol. The van der Waals surface area contributed by atoms with E-state index in [9.17, 15) is 0 Å². The third kappa shape index (κ3) is 2.15. The summed E-state index contributed by atoms with van der Waals surface area (Å²) in [6.07, 6.45) is 0. The first-order valence-electron chi connectivity index (χ1n) is 4.50. The normalized spacial score (nSPS) is 12.4. The Bertz CT molecular complexity index is 321. The van der Waals surface area contributed by atoms with Crippen LogP contribution in [0.4, 0.5) is 0 Å². The average Bonchev–Trinajstić information content (AvgIpc) is 2.16. The lowest BCUT2D eigenvalue weighted by Gasteiger charge is -2.14. The Kier molecular flexibility index (Phi) is 3.69. The molecule has 0 saturated heterocycles. The molecule has 0 N–H and O–H groups in total. The molecule has 0 aliphatic carbocycles. The van der Waals surface area contributed by atoms with Crippen LogP contribution in [0, 0.1) is 6.92 Å². The predicted octanol–water partition coefficient (Wildman–Crippen LogP) is 3.00. The summed E-state index contributed by atoms with van der Waals surface area (Å²) in [6.45, 7) is 4.00. The molecule has 1 aromatic rings. The molecule has 0 bridgehead atoms. The molecule has 0 spiro atoms. The molecule has 0 heterocycles. The van der Waals surface area contributed by atoms with E-state index in [-0.39, 0.29) is 5.25 Å². The van der Waals surface area contributed by atoms with Crippen molar-refractivity contribution in [3.63, 3.8) is 0 Å². The van der Waals surface area contributed by atoms with Crippen molar-refractivity contribution < 1.29 is 9.47 Å². The first-order chi connectivity index (χ1) is 6.60. The second-order valence-corrected chi connectivity index (χ2v) is 4.01. The molecule has 1 rings (SSSR count). The number of aryl methyl sites for hydroxylation is 1. The molecule has 0 aliphatic heterocycles. The van der Waals surface area contributed by atoms with Gasteiger partial charge in [-0.1, -0.05) is 0 Å². The lowest BCUT2D eigenvalue weighted by molar-refractivity contribution is 0.396. The minimum atomic E-state index is 0.138. The topological polar surface area (TPSA) is 18.5 Å². The maximum atomic E-state index is 5.28. The van der Waals surface area contributed by atoms with Crippen LogP contribution in [0.2, 0.25) is 0 Å². The third-order valence-electron chi connectivity index (χ3n) is 2.20. The zero-order chi connectivity index (χ0) is 10.7. The largest absolute Gasteiger partial charge is 0.496 e. The Morgan fingerprint density at radius 3 is 2.14 bits per heavy atom. The van der Waals surface area contributed by atoms with Gasteiger partial charge in [-0.2, -0.15) is 12.6 Å². The fraction of sp³-hybridized carbons (Fsp3) is 0.455. The summed E-state index contributed by atoms with van der Waals surface area (Å²) in [5, 5.41) is 0.138. The van der Waals surface area contributed by atoms with Crippen LogP contribution >= 0.6 is 12.6 Å². The maximum absolute atomic E-state index is 5.28. The minimum Gasteiger partial charge on any atom is -0.496 e. The van der Waals surface area contributed by atoms with E-state index in [2.05, 4.69) is 12.6 Å². The summed E-state index contributed by atoms with van der Waals surface area (Å²) in [6, 6.07) is 3.95. The molecule has 0 amide bonds. The minimum absolute atomic E-state index is 0.138. The summed E-state index contributed by atoms with van der Waals surface area (Å²) in [4.78, 5) is 0. The van der Waals surface area contributed by atoms with Crippen molar-refractivity contribution in [3.05, 3.63) is 23.3 Å². The maximum Gasteiger partial charge on any atom is 0.123 e. The van der Waals surface area contributed by atoms with E-state index < -0.39 is 0 Å². The molecule has 14 heavy (non-hydrogen) atoms. The van der Waals surface area contributed by atoms with Gasteiger partial charge in [0.15, 0.2) is 0 Å². The van der Waals surface area contributed by atoms with Gasteiger partial charge in [0, 0.05) is 10.8 Å². The Hall–Kier alpha value is -0.830. The van der Waals surface area contributed by atoms with Gasteiger partial charge >= 0.3 is 0 Å². The highest BCUT2D eigenvalue weighted by Gasteiger charge is 2.11. The van der Waals surface area contributed by atoms with Gasteiger partial charge < -0.3 is 9.47 Å². The van der Waals surface area contributed by atoms with Crippen LogP contribution in [0.25, 0.3) is 0 Å². The summed E-state index contributed by atoms with van der Waals surface area (Å²) in [7, 11) is 3.34. The van der Waals surface area contributed by atoms with Crippen LogP contribution < -0.4 is 9.47 Å². The summed E-state index contributed by atoms with van der Waals surface area (Å²) >= 11 is 4.40. The van der Waals surface area contributed by atoms with Gasteiger partial charge in [0.05, 0.1) is 14.2 Å². The van der Waals surface area contributed by atoms with Crippen molar-refractivity contribution in [1.82, 2.24) is 0 Å². The van der Waals surface area contributed by atoms with E-state index in [1.165, 1.54) is 0 Å². The van der Waals surface area contributed by atoms with Crippen molar-refractivity contribution >= 4 is 12.6 Å². The van der Waals surface area contributed by atoms with Gasteiger partial charge in [-0.25, -0.2) is 0 Å². The van der Waals surface area contributed by atoms with Crippen LogP contribution in [0.5, 0.6) is 11.5 Å². The van der Waals surface area contributed by atoms with Gasteiger partial charge in [-0.3, -0.25) is 0 Å². The molecule has 0 saturated carbocycles. The Labute approximate surface area is 90.6 Å². The monoisotopic (exact) mass is 212 g/mol. The van der Waals surface area contributed by atoms with Crippen LogP contribution in [0.1, 0.15) is 23.3 Å². The fourth-order valence-corrected chi connectivity index (χ4v) is 1.60. The van der Waals surface area contributed by atoms with E-state index in [0.29, 0.717) is 0 Å². The summed E-state index contributed by atoms with van der Waals surface area (Å²) in [5.74, 6) is 1.74. The number of benzene rings is 1. The van der Waals surface area contributed by atoms with Crippen LogP contribution in [-0.2, 0) is 0 Å². The summed E-state index contributed by atoms with van der Waals surface area (Å²) < 4.78 is 10.5. The van der Waals surface area contributed by atoms with Crippen molar-refractivity contribution in [3.8, 4) is 11.5 Å². The molecular weight excluding hydrogens is 196 g/mol. The van der Waals surface area contributed by atoms with Gasteiger partial charge in [-0.05, 0) is 31.5 Å².